The van der Waals surface area contributed by atoms with Crippen molar-refractivity contribution in [2.24, 2.45) is 5.41 Å². The van der Waals surface area contributed by atoms with Gasteiger partial charge < -0.3 is 20.0 Å². The summed E-state index contributed by atoms with van der Waals surface area (Å²) < 4.78 is 0. The molecule has 0 atom stereocenters. The number of hydrogen-bond acceptors (Lipinski definition) is 6. The van der Waals surface area contributed by atoms with E-state index in [4.69, 9.17) is 4.98 Å². The second kappa shape index (κ2) is 7.72. The fraction of sp³-hybridized carbons (Fsp3) is 0.375. The average molecular weight is 418 g/mol. The monoisotopic (exact) mass is 418 g/mol. The number of aromatic hydroxyl groups is 2. The summed E-state index contributed by atoms with van der Waals surface area (Å²) in [7, 11) is 0. The highest BCUT2D eigenvalue weighted by molar-refractivity contribution is 5.84. The number of rotatable bonds is 3. The molecule has 0 radical (unpaired) electrons. The molecular weight excluding hydrogens is 392 g/mol. The van der Waals surface area contributed by atoms with Gasteiger partial charge in [-0.05, 0) is 55.5 Å². The minimum absolute atomic E-state index is 0.144. The Kier molecular flexibility index (Phi) is 4.88. The summed E-state index contributed by atoms with van der Waals surface area (Å²) in [6.45, 7) is 2.75. The van der Waals surface area contributed by atoms with E-state index in [9.17, 15) is 15.0 Å². The molecule has 7 heteroatoms. The molecule has 2 fully saturated rings. The summed E-state index contributed by atoms with van der Waals surface area (Å²) >= 11 is 0. The Morgan fingerprint density at radius 3 is 2.48 bits per heavy atom. The lowest BCUT2D eigenvalue weighted by Gasteiger charge is -2.46. The van der Waals surface area contributed by atoms with Crippen LogP contribution < -0.4 is 4.90 Å². The second-order valence-electron chi connectivity index (χ2n) is 8.64. The molecule has 5 rings (SSSR count). The molecule has 3 heterocycles. The van der Waals surface area contributed by atoms with Crippen LogP contribution in [0.1, 0.15) is 31.2 Å². The highest BCUT2D eigenvalue weighted by Gasteiger charge is 2.45. The van der Waals surface area contributed by atoms with E-state index in [1.54, 1.807) is 6.07 Å². The first-order chi connectivity index (χ1) is 15.0. The van der Waals surface area contributed by atoms with Gasteiger partial charge in [0.15, 0.2) is 11.5 Å². The number of anilines is 1. The Labute approximate surface area is 181 Å². The van der Waals surface area contributed by atoms with Crippen LogP contribution in [0.3, 0.4) is 0 Å². The summed E-state index contributed by atoms with van der Waals surface area (Å²) in [5, 5.41) is 19.3. The van der Waals surface area contributed by atoms with E-state index in [1.807, 2.05) is 35.4 Å². The molecule has 31 heavy (non-hydrogen) atoms. The average Bonchev–Trinajstić information content (AvgIpc) is 2.80. The number of carbonyl (C=O) groups excluding carboxylic acids is 1. The van der Waals surface area contributed by atoms with Crippen LogP contribution in [0.2, 0.25) is 0 Å². The predicted octanol–water partition coefficient (Wildman–Crippen LogP) is 3.45. The van der Waals surface area contributed by atoms with Gasteiger partial charge in [-0.1, -0.05) is 18.2 Å². The van der Waals surface area contributed by atoms with Gasteiger partial charge in [-0.2, -0.15) is 0 Å². The second-order valence-corrected chi connectivity index (χ2v) is 8.64. The van der Waals surface area contributed by atoms with Gasteiger partial charge in [0, 0.05) is 26.2 Å². The van der Waals surface area contributed by atoms with Gasteiger partial charge >= 0.3 is 0 Å². The quantitative estimate of drug-likeness (QED) is 0.634. The van der Waals surface area contributed by atoms with Crippen molar-refractivity contribution in [2.75, 3.05) is 24.5 Å². The number of piperidine rings is 2. The smallest absolute Gasteiger partial charge is 0.229 e. The predicted molar refractivity (Wildman–Crippen MR) is 118 cm³/mol. The number of phenols is 2. The molecule has 0 bridgehead atoms. The molecule has 1 aromatic heterocycles. The van der Waals surface area contributed by atoms with Crippen LogP contribution in [-0.2, 0) is 11.3 Å². The molecule has 2 aromatic carbocycles. The molecule has 2 aliphatic heterocycles. The van der Waals surface area contributed by atoms with E-state index in [2.05, 4.69) is 9.88 Å². The fourth-order valence-electron chi connectivity index (χ4n) is 4.92. The van der Waals surface area contributed by atoms with Gasteiger partial charge in [0.05, 0.1) is 22.6 Å². The van der Waals surface area contributed by atoms with Crippen LogP contribution in [0.25, 0.3) is 11.0 Å². The van der Waals surface area contributed by atoms with Gasteiger partial charge in [0.25, 0.3) is 0 Å². The molecule has 0 unspecified atom stereocenters. The van der Waals surface area contributed by atoms with E-state index >= 15 is 0 Å². The first kappa shape index (κ1) is 19.6. The molecule has 160 valence electrons. The summed E-state index contributed by atoms with van der Waals surface area (Å²) in [6.07, 6.45) is 5.33. The molecule has 1 amide bonds. The first-order valence-electron chi connectivity index (χ1n) is 10.8. The molecular formula is C24H26N4O3. The third-order valence-corrected chi connectivity index (χ3v) is 6.72. The standard InChI is InChI=1S/C24H26N4O3/c29-20-7-6-17(14-21(20)30)16-28-11-3-8-24(23(28)31)9-12-27(13-10-24)22-15-25-18-4-1-2-5-19(18)26-22/h1-2,4-7,14-15,29-30H,3,8-13,16H2. The first-order valence-corrected chi connectivity index (χ1v) is 10.8. The highest BCUT2D eigenvalue weighted by Crippen LogP contribution is 2.42. The van der Waals surface area contributed by atoms with E-state index < -0.39 is 0 Å². The summed E-state index contributed by atoms with van der Waals surface area (Å²) in [5.41, 5.74) is 2.28. The lowest BCUT2D eigenvalue weighted by Crippen LogP contribution is -2.53. The Balaban J connectivity index is 1.29. The third-order valence-electron chi connectivity index (χ3n) is 6.72. The zero-order valence-electron chi connectivity index (χ0n) is 17.4. The number of fused-ring (bicyclic) bond motifs is 1. The van der Waals surface area contributed by atoms with Crippen molar-refractivity contribution in [1.82, 2.24) is 14.9 Å². The molecule has 1 spiro atoms. The molecule has 7 nitrogen and oxygen atoms in total. The number of likely N-dealkylation sites (tertiary alicyclic amines) is 1. The highest BCUT2D eigenvalue weighted by atomic mass is 16.3. The van der Waals surface area contributed by atoms with Gasteiger partial charge in [-0.25, -0.2) is 4.98 Å². The maximum Gasteiger partial charge on any atom is 0.229 e. The van der Waals surface area contributed by atoms with Crippen LogP contribution in [0.4, 0.5) is 5.82 Å². The lowest BCUT2D eigenvalue weighted by atomic mass is 9.71. The SMILES string of the molecule is O=C1N(Cc2ccc(O)c(O)c2)CCCC12CCN(c1cnc3ccccc3n1)CC2. The van der Waals surface area contributed by atoms with Crippen LogP contribution in [0, 0.1) is 5.41 Å². The number of hydrogen-bond donors (Lipinski definition) is 2. The maximum absolute atomic E-state index is 13.4. The number of aromatic nitrogens is 2. The summed E-state index contributed by atoms with van der Waals surface area (Å²) in [5.74, 6) is 0.777. The number of benzene rings is 2. The van der Waals surface area contributed by atoms with Crippen LogP contribution in [-0.4, -0.2) is 50.6 Å². The van der Waals surface area contributed by atoms with E-state index in [-0.39, 0.29) is 22.8 Å². The minimum Gasteiger partial charge on any atom is -0.504 e. The van der Waals surface area contributed by atoms with Crippen molar-refractivity contribution in [1.29, 1.82) is 0 Å². The van der Waals surface area contributed by atoms with E-state index in [1.165, 1.54) is 12.1 Å². The van der Waals surface area contributed by atoms with Crippen molar-refractivity contribution < 1.29 is 15.0 Å². The van der Waals surface area contributed by atoms with Crippen molar-refractivity contribution >= 4 is 22.8 Å². The normalized spacial score (nSPS) is 18.6. The molecule has 0 saturated carbocycles. The number of amides is 1. The molecule has 0 aliphatic carbocycles. The van der Waals surface area contributed by atoms with Crippen LogP contribution in [0.5, 0.6) is 11.5 Å². The Bertz CT molecular complexity index is 1120. The molecule has 3 aromatic rings. The van der Waals surface area contributed by atoms with Crippen molar-refractivity contribution in [3.63, 3.8) is 0 Å². The number of para-hydroxylation sites is 2. The van der Waals surface area contributed by atoms with Gasteiger partial charge in [-0.15, -0.1) is 0 Å². The zero-order chi connectivity index (χ0) is 21.4. The van der Waals surface area contributed by atoms with Crippen molar-refractivity contribution in [2.45, 2.75) is 32.2 Å². The Morgan fingerprint density at radius 1 is 0.935 bits per heavy atom. The topological polar surface area (TPSA) is 89.8 Å². The Hall–Kier alpha value is -3.35. The maximum atomic E-state index is 13.4. The molecule has 2 saturated heterocycles. The summed E-state index contributed by atoms with van der Waals surface area (Å²) in [4.78, 5) is 26.9. The van der Waals surface area contributed by atoms with Gasteiger partial charge in [-0.3, -0.25) is 9.78 Å². The fourth-order valence-corrected chi connectivity index (χ4v) is 4.92. The van der Waals surface area contributed by atoms with Gasteiger partial charge in [0.1, 0.15) is 5.82 Å². The molecule has 2 aliphatic rings. The van der Waals surface area contributed by atoms with Crippen molar-refractivity contribution in [3.05, 3.63) is 54.2 Å². The van der Waals surface area contributed by atoms with Crippen molar-refractivity contribution in [3.8, 4) is 11.5 Å². The van der Waals surface area contributed by atoms with Crippen LogP contribution >= 0.6 is 0 Å². The van der Waals surface area contributed by atoms with Gasteiger partial charge in [0.2, 0.25) is 5.91 Å². The number of phenolic OH excluding ortho intramolecular Hbond substituents is 2. The largest absolute Gasteiger partial charge is 0.504 e. The summed E-state index contributed by atoms with van der Waals surface area (Å²) in [6, 6.07) is 12.6. The lowest BCUT2D eigenvalue weighted by molar-refractivity contribution is -0.148. The number of nitrogens with zero attached hydrogens (tertiary/aromatic N) is 4. The van der Waals surface area contributed by atoms with Crippen LogP contribution in [0.15, 0.2) is 48.7 Å². The third kappa shape index (κ3) is 3.65. The molecule has 2 N–H and O–H groups in total. The number of carbonyl (C=O) groups is 1. The van der Waals surface area contributed by atoms with E-state index in [0.29, 0.717) is 6.54 Å². The zero-order valence-corrected chi connectivity index (χ0v) is 17.4. The minimum atomic E-state index is -0.321. The van der Waals surface area contributed by atoms with E-state index in [0.717, 1.165) is 67.7 Å². The Morgan fingerprint density at radius 2 is 1.71 bits per heavy atom.